The van der Waals surface area contributed by atoms with Crippen LogP contribution in [-0.4, -0.2) is 24.4 Å². The number of benzene rings is 1. The summed E-state index contributed by atoms with van der Waals surface area (Å²) >= 11 is 3.52. The van der Waals surface area contributed by atoms with Crippen LogP contribution in [0.2, 0.25) is 0 Å². The molecule has 1 aromatic rings. The highest BCUT2D eigenvalue weighted by Gasteiger charge is 2.07. The van der Waals surface area contributed by atoms with Gasteiger partial charge in [0.25, 0.3) is 0 Å². The Labute approximate surface area is 129 Å². The Morgan fingerprint density at radius 1 is 1.30 bits per heavy atom. The fourth-order valence-corrected chi connectivity index (χ4v) is 2.03. The highest BCUT2D eigenvalue weighted by molar-refractivity contribution is 9.11. The van der Waals surface area contributed by atoms with Crippen LogP contribution in [0.4, 0.5) is 0 Å². The first-order valence-electron chi connectivity index (χ1n) is 6.47. The summed E-state index contributed by atoms with van der Waals surface area (Å²) in [5.74, 6) is 0.237. The van der Waals surface area contributed by atoms with E-state index >= 15 is 0 Å². The molecule has 0 aliphatic heterocycles. The van der Waals surface area contributed by atoms with E-state index in [0.29, 0.717) is 0 Å². The molecule has 0 atom stereocenters. The molecule has 4 heteroatoms. The Hall–Kier alpha value is -1.39. The second kappa shape index (κ2) is 8.02. The zero-order valence-electron chi connectivity index (χ0n) is 12.4. The molecule has 1 rings (SSSR count). The van der Waals surface area contributed by atoms with Gasteiger partial charge in [-0.15, -0.1) is 0 Å². The van der Waals surface area contributed by atoms with Crippen LogP contribution in [0.15, 0.2) is 51.1 Å². The Kier molecular flexibility index (Phi) is 6.68. The number of aromatic hydroxyl groups is 1. The number of phenols is 1. The lowest BCUT2D eigenvalue weighted by atomic mass is 10.1. The second-order valence-corrected chi connectivity index (χ2v) is 5.71. The van der Waals surface area contributed by atoms with E-state index in [1.54, 1.807) is 12.1 Å². The Bertz CT molecular complexity index is 555. The number of allylic oxidation sites excluding steroid dienone is 3. The minimum absolute atomic E-state index is 0.237. The Morgan fingerprint density at radius 2 is 1.95 bits per heavy atom. The minimum Gasteiger partial charge on any atom is -0.507 e. The fourth-order valence-electron chi connectivity index (χ4n) is 1.66. The summed E-state index contributed by atoms with van der Waals surface area (Å²) < 4.78 is 0.995. The van der Waals surface area contributed by atoms with Gasteiger partial charge in [0.15, 0.2) is 0 Å². The largest absolute Gasteiger partial charge is 0.507 e. The van der Waals surface area contributed by atoms with Crippen molar-refractivity contribution in [2.24, 2.45) is 4.99 Å². The smallest absolute Gasteiger partial charge is 0.124 e. The predicted molar refractivity (Wildman–Crippen MR) is 89.6 cm³/mol. The highest BCUT2D eigenvalue weighted by atomic mass is 79.9. The van der Waals surface area contributed by atoms with Crippen LogP contribution in [0.1, 0.15) is 26.3 Å². The van der Waals surface area contributed by atoms with Gasteiger partial charge in [-0.2, -0.15) is 0 Å². The lowest BCUT2D eigenvalue weighted by Gasteiger charge is -2.07. The summed E-state index contributed by atoms with van der Waals surface area (Å²) in [6.07, 6.45) is 1.97. The number of phenolic OH excluding ortho intramolecular Hbond substituents is 1. The van der Waals surface area contributed by atoms with Gasteiger partial charge in [0, 0.05) is 22.3 Å². The lowest BCUT2D eigenvalue weighted by Crippen LogP contribution is -2.08. The molecule has 1 aromatic carbocycles. The second-order valence-electron chi connectivity index (χ2n) is 4.76. The number of likely N-dealkylation sites (N-methyl/N-ethyl adjacent to an activating group) is 1. The monoisotopic (exact) mass is 336 g/mol. The first kappa shape index (κ1) is 16.7. The topological polar surface area (TPSA) is 44.6 Å². The van der Waals surface area contributed by atoms with E-state index in [9.17, 15) is 5.11 Å². The Morgan fingerprint density at radius 3 is 2.50 bits per heavy atom. The van der Waals surface area contributed by atoms with Crippen LogP contribution in [0.25, 0.3) is 0 Å². The van der Waals surface area contributed by atoms with E-state index in [0.717, 1.165) is 33.6 Å². The molecule has 2 N–H and O–H groups in total. The van der Waals surface area contributed by atoms with Crippen LogP contribution in [0.5, 0.6) is 5.75 Å². The number of halogens is 1. The molecule has 20 heavy (non-hydrogen) atoms. The molecule has 0 saturated carbocycles. The molecule has 0 aliphatic carbocycles. The molecule has 0 spiro atoms. The minimum atomic E-state index is 0.237. The van der Waals surface area contributed by atoms with E-state index < -0.39 is 0 Å². The third-order valence-corrected chi connectivity index (χ3v) is 3.47. The van der Waals surface area contributed by atoms with Crippen LogP contribution < -0.4 is 5.32 Å². The van der Waals surface area contributed by atoms with Crippen molar-refractivity contribution in [3.8, 4) is 5.75 Å². The van der Waals surface area contributed by atoms with Crippen molar-refractivity contribution in [3.63, 3.8) is 0 Å². The summed E-state index contributed by atoms with van der Waals surface area (Å²) in [6.45, 7) is 6.69. The average Bonchev–Trinajstić information content (AvgIpc) is 2.38. The van der Waals surface area contributed by atoms with Gasteiger partial charge in [-0.3, -0.25) is 4.99 Å². The summed E-state index contributed by atoms with van der Waals surface area (Å²) in [5, 5.41) is 13.1. The summed E-state index contributed by atoms with van der Waals surface area (Å²) in [5.41, 5.74) is 3.51. The van der Waals surface area contributed by atoms with E-state index in [-0.39, 0.29) is 5.75 Å². The van der Waals surface area contributed by atoms with Gasteiger partial charge >= 0.3 is 0 Å². The van der Waals surface area contributed by atoms with Crippen LogP contribution >= 0.6 is 15.9 Å². The summed E-state index contributed by atoms with van der Waals surface area (Å²) in [7, 11) is 1.89. The highest BCUT2D eigenvalue weighted by Crippen LogP contribution is 2.21. The van der Waals surface area contributed by atoms with Gasteiger partial charge in [-0.1, -0.05) is 33.6 Å². The van der Waals surface area contributed by atoms with E-state index in [1.165, 1.54) is 0 Å². The Balaban J connectivity index is 3.31. The molecule has 108 valence electrons. The number of hydrogen-bond acceptors (Lipinski definition) is 3. The number of aliphatic imine (C=N–C) groups is 1. The molecule has 0 saturated heterocycles. The third kappa shape index (κ3) is 4.94. The van der Waals surface area contributed by atoms with Gasteiger partial charge in [0.2, 0.25) is 0 Å². The van der Waals surface area contributed by atoms with Crippen molar-refractivity contribution in [2.45, 2.75) is 20.8 Å². The van der Waals surface area contributed by atoms with Crippen LogP contribution in [0.3, 0.4) is 0 Å². The molecule has 0 bridgehead atoms. The normalized spacial score (nSPS) is 12.9. The quantitative estimate of drug-likeness (QED) is 0.798. The fraction of sp³-hybridized carbons (Fsp3) is 0.312. The number of hydrogen-bond donors (Lipinski definition) is 2. The van der Waals surface area contributed by atoms with Crippen molar-refractivity contribution < 1.29 is 5.11 Å². The zero-order valence-corrected chi connectivity index (χ0v) is 14.0. The number of para-hydroxylation sites is 1. The third-order valence-electron chi connectivity index (χ3n) is 2.62. The molecule has 0 fully saturated rings. The number of nitrogens with one attached hydrogen (secondary N) is 1. The van der Waals surface area contributed by atoms with Crippen molar-refractivity contribution in [2.75, 3.05) is 13.6 Å². The molecule has 0 aromatic heterocycles. The van der Waals surface area contributed by atoms with Crippen molar-refractivity contribution in [3.05, 3.63) is 51.7 Å². The van der Waals surface area contributed by atoms with Gasteiger partial charge in [-0.05, 0) is 46.0 Å². The SMILES string of the molecule is CNC/C(Br)=C(\C)N=C(C=C(C)C)c1ccccc1O. The maximum atomic E-state index is 10.00. The molecule has 0 radical (unpaired) electrons. The first-order valence-corrected chi connectivity index (χ1v) is 7.26. The maximum absolute atomic E-state index is 10.00. The van der Waals surface area contributed by atoms with Crippen LogP contribution in [0, 0.1) is 0 Å². The van der Waals surface area contributed by atoms with E-state index in [2.05, 4.69) is 26.2 Å². The first-order chi connectivity index (χ1) is 9.45. The lowest BCUT2D eigenvalue weighted by molar-refractivity contribution is 0.474. The molecule has 0 aliphatic rings. The maximum Gasteiger partial charge on any atom is 0.124 e. The summed E-state index contributed by atoms with van der Waals surface area (Å²) in [4.78, 5) is 4.64. The average molecular weight is 337 g/mol. The molecular formula is C16H21BrN2O. The van der Waals surface area contributed by atoms with Gasteiger partial charge in [0.05, 0.1) is 5.71 Å². The standard InChI is InChI=1S/C16H21BrN2O/c1-11(2)9-15(13-7-5-6-8-16(13)20)19-12(3)14(17)10-18-4/h5-9,18,20H,10H2,1-4H3/b14-12-,19-15?. The molecule has 0 heterocycles. The number of nitrogens with zero attached hydrogens (tertiary/aromatic N) is 1. The van der Waals surface area contributed by atoms with E-state index in [4.69, 9.17) is 0 Å². The van der Waals surface area contributed by atoms with Gasteiger partial charge in [0.1, 0.15) is 5.75 Å². The molecule has 3 nitrogen and oxygen atoms in total. The van der Waals surface area contributed by atoms with Crippen molar-refractivity contribution >= 4 is 21.6 Å². The van der Waals surface area contributed by atoms with E-state index in [1.807, 2.05) is 46.0 Å². The molecule has 0 unspecified atom stereocenters. The predicted octanol–water partition coefficient (Wildman–Crippen LogP) is 3.99. The molecule has 0 amide bonds. The van der Waals surface area contributed by atoms with Crippen LogP contribution in [-0.2, 0) is 0 Å². The zero-order chi connectivity index (χ0) is 15.1. The van der Waals surface area contributed by atoms with Gasteiger partial charge in [-0.25, -0.2) is 0 Å². The summed E-state index contributed by atoms with van der Waals surface area (Å²) in [6, 6.07) is 7.24. The number of rotatable bonds is 5. The van der Waals surface area contributed by atoms with Crippen molar-refractivity contribution in [1.29, 1.82) is 0 Å². The van der Waals surface area contributed by atoms with Crippen molar-refractivity contribution in [1.82, 2.24) is 5.32 Å². The van der Waals surface area contributed by atoms with Gasteiger partial charge < -0.3 is 10.4 Å². The molecular weight excluding hydrogens is 316 g/mol.